The fraction of sp³-hybridized carbons (Fsp3) is 0.529. The Labute approximate surface area is 130 Å². The fourth-order valence-corrected chi connectivity index (χ4v) is 2.86. The summed E-state index contributed by atoms with van der Waals surface area (Å²) in [6.45, 7) is 4.92. The summed E-state index contributed by atoms with van der Waals surface area (Å²) in [5, 5.41) is 9.49. The Bertz CT molecular complexity index is 529. The predicted molar refractivity (Wildman–Crippen MR) is 82.2 cm³/mol. The van der Waals surface area contributed by atoms with E-state index < -0.39 is 11.4 Å². The smallest absolute Gasteiger partial charge is 0.311 e. The number of benzene rings is 1. The van der Waals surface area contributed by atoms with Gasteiger partial charge in [-0.05, 0) is 17.9 Å². The summed E-state index contributed by atoms with van der Waals surface area (Å²) < 4.78 is 5.44. The van der Waals surface area contributed by atoms with Crippen molar-refractivity contribution in [2.45, 2.75) is 26.9 Å². The molecule has 1 saturated heterocycles. The Morgan fingerprint density at radius 3 is 2.55 bits per heavy atom. The van der Waals surface area contributed by atoms with E-state index >= 15 is 0 Å². The van der Waals surface area contributed by atoms with Crippen molar-refractivity contribution in [1.82, 2.24) is 4.90 Å². The molecular formula is C17H23NO4. The van der Waals surface area contributed by atoms with Crippen molar-refractivity contribution >= 4 is 11.9 Å². The van der Waals surface area contributed by atoms with E-state index in [2.05, 4.69) is 0 Å². The van der Waals surface area contributed by atoms with Crippen molar-refractivity contribution in [3.63, 3.8) is 0 Å². The molecule has 2 rings (SSSR count). The number of carboxylic acid groups (broad SMARTS) is 1. The van der Waals surface area contributed by atoms with E-state index in [1.54, 1.807) is 4.90 Å². The van der Waals surface area contributed by atoms with Gasteiger partial charge in [0, 0.05) is 13.1 Å². The molecule has 1 aliphatic rings. The highest BCUT2D eigenvalue weighted by Crippen LogP contribution is 2.38. The van der Waals surface area contributed by atoms with Gasteiger partial charge in [-0.3, -0.25) is 9.59 Å². The van der Waals surface area contributed by atoms with Crippen LogP contribution in [0.25, 0.3) is 0 Å². The van der Waals surface area contributed by atoms with Crippen LogP contribution in [-0.4, -0.2) is 41.6 Å². The van der Waals surface area contributed by atoms with Gasteiger partial charge in [0.2, 0.25) is 5.91 Å². The van der Waals surface area contributed by atoms with Crippen molar-refractivity contribution in [2.24, 2.45) is 11.3 Å². The van der Waals surface area contributed by atoms with Crippen LogP contribution in [-0.2, 0) is 20.9 Å². The van der Waals surface area contributed by atoms with Crippen LogP contribution in [0.2, 0.25) is 0 Å². The predicted octanol–water partition coefficient (Wildman–Crippen LogP) is 2.16. The molecule has 1 heterocycles. The second-order valence-corrected chi connectivity index (χ2v) is 6.16. The highest BCUT2D eigenvalue weighted by atomic mass is 16.5. The molecule has 5 heteroatoms. The normalized spacial score (nSPS) is 21.3. The zero-order valence-electron chi connectivity index (χ0n) is 13.1. The van der Waals surface area contributed by atoms with Crippen LogP contribution < -0.4 is 0 Å². The van der Waals surface area contributed by atoms with E-state index in [4.69, 9.17) is 4.74 Å². The van der Waals surface area contributed by atoms with Gasteiger partial charge in [-0.25, -0.2) is 0 Å². The van der Waals surface area contributed by atoms with E-state index in [9.17, 15) is 14.7 Å². The molecule has 1 unspecified atom stereocenters. The first-order valence-corrected chi connectivity index (χ1v) is 7.58. The highest BCUT2D eigenvalue weighted by Gasteiger charge is 2.48. The first-order valence-electron chi connectivity index (χ1n) is 7.58. The van der Waals surface area contributed by atoms with Crippen molar-refractivity contribution in [3.8, 4) is 0 Å². The fourth-order valence-electron chi connectivity index (χ4n) is 2.86. The van der Waals surface area contributed by atoms with Crippen molar-refractivity contribution < 1.29 is 19.4 Å². The SMILES string of the molecule is CC(C)C1(C(=O)O)CCN(C(=O)COCc2ccccc2)C1. The van der Waals surface area contributed by atoms with Crippen LogP contribution in [0.3, 0.4) is 0 Å². The lowest BCUT2D eigenvalue weighted by atomic mass is 9.76. The molecule has 1 amide bonds. The summed E-state index contributed by atoms with van der Waals surface area (Å²) in [4.78, 5) is 25.3. The first kappa shape index (κ1) is 16.5. The zero-order chi connectivity index (χ0) is 16.2. The lowest BCUT2D eigenvalue weighted by Crippen LogP contribution is -2.41. The molecule has 1 N–H and O–H groups in total. The molecule has 1 aliphatic heterocycles. The first-order chi connectivity index (χ1) is 10.5. The summed E-state index contributed by atoms with van der Waals surface area (Å²) >= 11 is 0. The van der Waals surface area contributed by atoms with E-state index in [1.807, 2.05) is 44.2 Å². The molecule has 1 atom stereocenters. The molecule has 0 radical (unpaired) electrons. The van der Waals surface area contributed by atoms with Crippen molar-refractivity contribution in [1.29, 1.82) is 0 Å². The second kappa shape index (κ2) is 6.92. The van der Waals surface area contributed by atoms with Gasteiger partial charge in [0.1, 0.15) is 6.61 Å². The number of nitrogens with zero attached hydrogens (tertiary/aromatic N) is 1. The monoisotopic (exact) mass is 305 g/mol. The topological polar surface area (TPSA) is 66.8 Å². The second-order valence-electron chi connectivity index (χ2n) is 6.16. The summed E-state index contributed by atoms with van der Waals surface area (Å²) in [6, 6.07) is 9.65. The van der Waals surface area contributed by atoms with Gasteiger partial charge in [0.25, 0.3) is 0 Å². The molecule has 0 aliphatic carbocycles. The largest absolute Gasteiger partial charge is 0.481 e. The third kappa shape index (κ3) is 3.47. The van der Waals surface area contributed by atoms with E-state index in [0.29, 0.717) is 19.6 Å². The Balaban J connectivity index is 1.85. The number of carboxylic acids is 1. The zero-order valence-corrected chi connectivity index (χ0v) is 13.1. The molecule has 0 saturated carbocycles. The molecule has 1 aromatic carbocycles. The minimum absolute atomic E-state index is 0.00645. The van der Waals surface area contributed by atoms with E-state index in [0.717, 1.165) is 5.56 Å². The molecule has 0 spiro atoms. The van der Waals surface area contributed by atoms with E-state index in [-0.39, 0.29) is 25.0 Å². The lowest BCUT2D eigenvalue weighted by Gasteiger charge is -2.28. The van der Waals surface area contributed by atoms with Crippen molar-refractivity contribution in [2.75, 3.05) is 19.7 Å². The van der Waals surface area contributed by atoms with Gasteiger partial charge in [0.15, 0.2) is 0 Å². The standard InChI is InChI=1S/C17H23NO4/c1-13(2)17(16(20)21)8-9-18(12-17)15(19)11-22-10-14-6-4-3-5-7-14/h3-7,13H,8-12H2,1-2H3,(H,20,21). The van der Waals surface area contributed by atoms with Gasteiger partial charge in [-0.1, -0.05) is 44.2 Å². The van der Waals surface area contributed by atoms with Crippen LogP contribution in [0.5, 0.6) is 0 Å². The molecular weight excluding hydrogens is 282 g/mol. The van der Waals surface area contributed by atoms with Gasteiger partial charge in [0.05, 0.1) is 12.0 Å². The molecule has 120 valence electrons. The van der Waals surface area contributed by atoms with E-state index in [1.165, 1.54) is 0 Å². The molecule has 1 aromatic rings. The third-order valence-electron chi connectivity index (χ3n) is 4.52. The quantitative estimate of drug-likeness (QED) is 0.874. The molecule has 22 heavy (non-hydrogen) atoms. The molecule has 0 aromatic heterocycles. The Morgan fingerprint density at radius 2 is 2.00 bits per heavy atom. The minimum Gasteiger partial charge on any atom is -0.481 e. The van der Waals surface area contributed by atoms with Crippen LogP contribution in [0.15, 0.2) is 30.3 Å². The van der Waals surface area contributed by atoms with Crippen LogP contribution in [0.1, 0.15) is 25.8 Å². The van der Waals surface area contributed by atoms with Crippen LogP contribution >= 0.6 is 0 Å². The number of rotatable bonds is 6. The molecule has 0 bridgehead atoms. The number of aliphatic carboxylic acids is 1. The summed E-state index contributed by atoms with van der Waals surface area (Å²) in [5.41, 5.74) is 0.188. The molecule has 1 fully saturated rings. The Morgan fingerprint density at radius 1 is 1.32 bits per heavy atom. The number of likely N-dealkylation sites (tertiary alicyclic amines) is 1. The minimum atomic E-state index is -0.824. The summed E-state index contributed by atoms with van der Waals surface area (Å²) in [6.07, 6.45) is 0.504. The van der Waals surface area contributed by atoms with Crippen LogP contribution in [0.4, 0.5) is 0 Å². The van der Waals surface area contributed by atoms with Gasteiger partial charge >= 0.3 is 5.97 Å². The number of carbonyl (C=O) groups excluding carboxylic acids is 1. The number of ether oxygens (including phenoxy) is 1. The Hall–Kier alpha value is -1.88. The average Bonchev–Trinajstić information content (AvgIpc) is 2.95. The maximum absolute atomic E-state index is 12.2. The summed E-state index contributed by atoms with van der Waals surface area (Å²) in [5.74, 6) is -0.962. The molecule has 5 nitrogen and oxygen atoms in total. The number of hydrogen-bond donors (Lipinski definition) is 1. The summed E-state index contributed by atoms with van der Waals surface area (Å²) in [7, 11) is 0. The van der Waals surface area contributed by atoms with Gasteiger partial charge < -0.3 is 14.7 Å². The number of amides is 1. The van der Waals surface area contributed by atoms with Crippen molar-refractivity contribution in [3.05, 3.63) is 35.9 Å². The number of carbonyl (C=O) groups is 2. The average molecular weight is 305 g/mol. The third-order valence-corrected chi connectivity index (χ3v) is 4.52. The maximum Gasteiger partial charge on any atom is 0.311 e. The van der Waals surface area contributed by atoms with Crippen LogP contribution in [0, 0.1) is 11.3 Å². The Kier molecular flexibility index (Phi) is 5.19. The lowest BCUT2D eigenvalue weighted by molar-refractivity contribution is -0.151. The number of hydrogen-bond acceptors (Lipinski definition) is 3. The highest BCUT2D eigenvalue weighted by molar-refractivity contribution is 5.81. The maximum atomic E-state index is 12.2. The van der Waals surface area contributed by atoms with Gasteiger partial charge in [-0.15, -0.1) is 0 Å². The van der Waals surface area contributed by atoms with Gasteiger partial charge in [-0.2, -0.15) is 0 Å².